The Labute approximate surface area is 220 Å². The third kappa shape index (κ3) is 4.03. The summed E-state index contributed by atoms with van der Waals surface area (Å²) < 4.78 is 13.0. The predicted octanol–water partition coefficient (Wildman–Crippen LogP) is 3.84. The Morgan fingerprint density at radius 1 is 1.16 bits per heavy atom. The first-order valence-electron chi connectivity index (χ1n) is 12.8. The number of rotatable bonds is 7. The molecule has 3 unspecified atom stereocenters. The molecule has 4 aromatic rings. The van der Waals surface area contributed by atoms with E-state index in [1.54, 1.807) is 24.0 Å². The molecule has 192 valence electrons. The third-order valence-electron chi connectivity index (χ3n) is 7.41. The van der Waals surface area contributed by atoms with E-state index in [0.717, 1.165) is 47.5 Å². The number of benzene rings is 1. The normalized spacial score (nSPS) is 19.1. The molecule has 0 spiro atoms. The van der Waals surface area contributed by atoms with Crippen LogP contribution in [0.3, 0.4) is 0 Å². The number of nitriles is 1. The van der Waals surface area contributed by atoms with E-state index in [-0.39, 0.29) is 18.0 Å². The van der Waals surface area contributed by atoms with Crippen molar-refractivity contribution < 1.29 is 14.3 Å². The molecular formula is C29H28N6O3. The Morgan fingerprint density at radius 3 is 2.61 bits per heavy atom. The number of carbonyl (C=O) groups excluding carboxylic acids is 1. The Hall–Kier alpha value is -4.42. The Kier molecular flexibility index (Phi) is 6.18. The number of anilines is 1. The number of hydrogen-bond donors (Lipinski definition) is 0. The highest BCUT2D eigenvalue weighted by atomic mass is 16.5. The van der Waals surface area contributed by atoms with Crippen LogP contribution >= 0.6 is 0 Å². The number of fused-ring (bicyclic) bond motifs is 3. The number of aromatic nitrogens is 3. The molecule has 9 nitrogen and oxygen atoms in total. The van der Waals surface area contributed by atoms with E-state index in [2.05, 4.69) is 16.1 Å². The van der Waals surface area contributed by atoms with Gasteiger partial charge >= 0.3 is 0 Å². The van der Waals surface area contributed by atoms with Gasteiger partial charge in [0.1, 0.15) is 17.6 Å². The largest absolute Gasteiger partial charge is 0.492 e. The van der Waals surface area contributed by atoms with Gasteiger partial charge in [0.15, 0.2) is 6.10 Å². The lowest BCUT2D eigenvalue weighted by molar-refractivity contribution is -0.157. The molecule has 3 aromatic heterocycles. The van der Waals surface area contributed by atoms with Crippen LogP contribution in [-0.4, -0.2) is 64.3 Å². The summed E-state index contributed by atoms with van der Waals surface area (Å²) in [7, 11) is 1.59. The molecule has 3 aliphatic rings. The standard InChI is InChI=1S/C29H28N6O3/c1-3-38-24-12-25(27-21(13-30)15-32-34(27)18-24)20-9-10-26(31-14-20)33-16-22-11-23(17-33)35(22)29(36)28(37-2)19-7-5-4-6-8-19/h4-10,12,14-15,18,22-23,28H,3,11,16-17H2,1-2H3. The molecular weight excluding hydrogens is 480 g/mol. The smallest absolute Gasteiger partial charge is 0.256 e. The molecule has 2 bridgehead atoms. The molecule has 0 aliphatic carbocycles. The monoisotopic (exact) mass is 508 g/mol. The van der Waals surface area contributed by atoms with E-state index in [0.29, 0.717) is 17.9 Å². The van der Waals surface area contributed by atoms with Gasteiger partial charge in [-0.3, -0.25) is 4.79 Å². The molecule has 0 N–H and O–H groups in total. The summed E-state index contributed by atoms with van der Waals surface area (Å²) in [6.07, 6.45) is 5.58. The van der Waals surface area contributed by atoms with Crippen LogP contribution in [0, 0.1) is 11.3 Å². The lowest BCUT2D eigenvalue weighted by Crippen LogP contribution is -2.71. The molecule has 3 fully saturated rings. The van der Waals surface area contributed by atoms with E-state index >= 15 is 0 Å². The molecule has 1 aromatic carbocycles. The number of amides is 1. The van der Waals surface area contributed by atoms with Gasteiger partial charge in [0, 0.05) is 37.5 Å². The minimum absolute atomic E-state index is 0.0233. The number of carbonyl (C=O) groups is 1. The van der Waals surface area contributed by atoms with Gasteiger partial charge in [-0.1, -0.05) is 30.3 Å². The zero-order chi connectivity index (χ0) is 26.2. The number of pyridine rings is 2. The fourth-order valence-corrected chi connectivity index (χ4v) is 5.68. The highest BCUT2D eigenvalue weighted by molar-refractivity contribution is 5.86. The van der Waals surface area contributed by atoms with Gasteiger partial charge in [-0.25, -0.2) is 9.50 Å². The van der Waals surface area contributed by atoms with Crippen molar-refractivity contribution in [3.63, 3.8) is 0 Å². The predicted molar refractivity (Wildman–Crippen MR) is 142 cm³/mol. The fraction of sp³-hybridized carbons (Fsp3) is 0.310. The Bertz CT molecular complexity index is 1500. The third-order valence-corrected chi connectivity index (χ3v) is 7.41. The highest BCUT2D eigenvalue weighted by Gasteiger charge is 2.49. The van der Waals surface area contributed by atoms with Crippen molar-refractivity contribution in [2.45, 2.75) is 31.5 Å². The number of piperazine rings is 1. The van der Waals surface area contributed by atoms with Crippen LogP contribution in [0.4, 0.5) is 5.82 Å². The van der Waals surface area contributed by atoms with Crippen molar-refractivity contribution >= 4 is 17.2 Å². The van der Waals surface area contributed by atoms with E-state index in [1.165, 1.54) is 0 Å². The first kappa shape index (κ1) is 23.9. The number of piperidine rings is 1. The van der Waals surface area contributed by atoms with E-state index < -0.39 is 6.10 Å². The van der Waals surface area contributed by atoms with Crippen LogP contribution in [0.1, 0.15) is 30.6 Å². The lowest BCUT2D eigenvalue weighted by atomic mass is 9.86. The molecule has 0 saturated carbocycles. The van der Waals surface area contributed by atoms with Crippen molar-refractivity contribution in [3.8, 4) is 22.9 Å². The second kappa shape index (κ2) is 9.80. The van der Waals surface area contributed by atoms with Crippen LogP contribution in [0.2, 0.25) is 0 Å². The molecule has 1 amide bonds. The average Bonchev–Trinajstić information content (AvgIpc) is 3.37. The van der Waals surface area contributed by atoms with E-state index in [9.17, 15) is 10.1 Å². The Balaban J connectivity index is 1.21. The zero-order valence-corrected chi connectivity index (χ0v) is 21.3. The second-order valence-electron chi connectivity index (χ2n) is 9.61. The van der Waals surface area contributed by atoms with Crippen molar-refractivity contribution in [2.24, 2.45) is 0 Å². The van der Waals surface area contributed by atoms with Crippen LogP contribution in [0.25, 0.3) is 16.6 Å². The minimum atomic E-state index is -0.586. The van der Waals surface area contributed by atoms with Gasteiger partial charge in [0.05, 0.1) is 42.2 Å². The van der Waals surface area contributed by atoms with E-state index in [1.807, 2.05) is 66.6 Å². The summed E-state index contributed by atoms with van der Waals surface area (Å²) >= 11 is 0. The summed E-state index contributed by atoms with van der Waals surface area (Å²) in [5, 5.41) is 13.9. The van der Waals surface area contributed by atoms with Gasteiger partial charge < -0.3 is 19.3 Å². The quantitative estimate of drug-likeness (QED) is 0.374. The van der Waals surface area contributed by atoms with Crippen molar-refractivity contribution in [2.75, 3.05) is 31.7 Å². The first-order valence-corrected chi connectivity index (χ1v) is 12.8. The molecule has 0 radical (unpaired) electrons. The van der Waals surface area contributed by atoms with Gasteiger partial charge in [-0.2, -0.15) is 10.4 Å². The summed E-state index contributed by atoms with van der Waals surface area (Å²) in [6, 6.07) is 18.1. The Morgan fingerprint density at radius 2 is 1.95 bits per heavy atom. The van der Waals surface area contributed by atoms with Crippen molar-refractivity contribution in [1.82, 2.24) is 19.5 Å². The van der Waals surface area contributed by atoms with Gasteiger partial charge in [0.2, 0.25) is 0 Å². The SMILES string of the molecule is CCOc1cc(-c2ccc(N3CC4CC(C3)N4C(=O)C(OC)c3ccccc3)nc2)c2c(C#N)cnn2c1. The van der Waals surface area contributed by atoms with Crippen molar-refractivity contribution in [1.29, 1.82) is 5.26 Å². The zero-order valence-electron chi connectivity index (χ0n) is 21.3. The molecule has 3 aliphatic heterocycles. The van der Waals surface area contributed by atoms with Gasteiger partial charge in [-0.05, 0) is 37.1 Å². The second-order valence-corrected chi connectivity index (χ2v) is 9.61. The van der Waals surface area contributed by atoms with Crippen molar-refractivity contribution in [3.05, 3.63) is 78.2 Å². The summed E-state index contributed by atoms with van der Waals surface area (Å²) in [4.78, 5) is 22.4. The molecule has 3 saturated heterocycles. The number of methoxy groups -OCH3 is 1. The van der Waals surface area contributed by atoms with Crippen LogP contribution in [0.15, 0.2) is 67.1 Å². The fourth-order valence-electron chi connectivity index (χ4n) is 5.68. The topological polar surface area (TPSA) is 96.0 Å². The van der Waals surface area contributed by atoms with Gasteiger partial charge in [0.25, 0.3) is 5.91 Å². The lowest BCUT2D eigenvalue weighted by Gasteiger charge is -2.57. The number of hydrogen-bond acceptors (Lipinski definition) is 7. The van der Waals surface area contributed by atoms with Gasteiger partial charge in [-0.15, -0.1) is 0 Å². The van der Waals surface area contributed by atoms with Crippen LogP contribution in [-0.2, 0) is 9.53 Å². The molecule has 7 rings (SSSR count). The average molecular weight is 509 g/mol. The molecule has 9 heteroatoms. The maximum Gasteiger partial charge on any atom is 0.256 e. The molecule has 38 heavy (non-hydrogen) atoms. The molecule has 3 atom stereocenters. The van der Waals surface area contributed by atoms with Crippen LogP contribution < -0.4 is 9.64 Å². The highest BCUT2D eigenvalue weighted by Crippen LogP contribution is 2.38. The van der Waals surface area contributed by atoms with Crippen LogP contribution in [0.5, 0.6) is 5.75 Å². The first-order chi connectivity index (χ1) is 18.6. The summed E-state index contributed by atoms with van der Waals surface area (Å²) in [5.74, 6) is 1.57. The number of ether oxygens (including phenoxy) is 2. The summed E-state index contributed by atoms with van der Waals surface area (Å²) in [5.41, 5.74) is 3.82. The maximum atomic E-state index is 13.4. The minimum Gasteiger partial charge on any atom is -0.492 e. The number of nitrogens with zero attached hydrogens (tertiary/aromatic N) is 6. The maximum absolute atomic E-state index is 13.4. The van der Waals surface area contributed by atoms with E-state index in [4.69, 9.17) is 14.5 Å². The summed E-state index contributed by atoms with van der Waals surface area (Å²) in [6.45, 7) is 3.91. The molecule has 6 heterocycles.